The molecule has 0 atom stereocenters. The van der Waals surface area contributed by atoms with Crippen LogP contribution in [0.25, 0.3) is 0 Å². The summed E-state index contributed by atoms with van der Waals surface area (Å²) in [7, 11) is 0. The molecule has 82 valence electrons. The first-order chi connectivity index (χ1) is 7.20. The Labute approximate surface area is 89.1 Å². The number of aromatic nitrogens is 2. The van der Waals surface area contributed by atoms with Gasteiger partial charge in [-0.25, -0.2) is 14.4 Å². The van der Waals surface area contributed by atoms with Crippen LogP contribution in [0.15, 0.2) is 6.33 Å². The molecule has 0 aliphatic heterocycles. The molecule has 0 bridgehead atoms. The van der Waals surface area contributed by atoms with Crippen LogP contribution in [0.2, 0.25) is 0 Å². The fraction of sp³-hybridized carbons (Fsp3) is 0.636. The Morgan fingerprint density at radius 3 is 2.80 bits per heavy atom. The largest absolute Gasteiger partial charge is 0.365 e. The van der Waals surface area contributed by atoms with Crippen molar-refractivity contribution in [2.75, 3.05) is 5.32 Å². The van der Waals surface area contributed by atoms with Crippen LogP contribution >= 0.6 is 0 Å². The van der Waals surface area contributed by atoms with Crippen molar-refractivity contribution in [3.8, 4) is 0 Å². The number of hydrogen-bond acceptors (Lipinski definition) is 3. The smallest absolute Gasteiger partial charge is 0.186 e. The number of rotatable bonds is 3. The van der Waals surface area contributed by atoms with Gasteiger partial charge in [-0.05, 0) is 25.2 Å². The fourth-order valence-corrected chi connectivity index (χ4v) is 1.97. The summed E-state index contributed by atoms with van der Waals surface area (Å²) in [5.41, 5.74) is 0.486. The second-order valence-corrected chi connectivity index (χ2v) is 4.25. The molecule has 1 saturated carbocycles. The van der Waals surface area contributed by atoms with Gasteiger partial charge >= 0.3 is 0 Å². The van der Waals surface area contributed by atoms with E-state index in [1.165, 1.54) is 6.33 Å². The van der Waals surface area contributed by atoms with Crippen molar-refractivity contribution in [2.24, 2.45) is 5.92 Å². The number of anilines is 1. The van der Waals surface area contributed by atoms with Crippen molar-refractivity contribution in [3.05, 3.63) is 17.8 Å². The van der Waals surface area contributed by atoms with Crippen LogP contribution in [-0.4, -0.2) is 16.0 Å². The van der Waals surface area contributed by atoms with E-state index in [0.29, 0.717) is 24.0 Å². The number of halogens is 1. The van der Waals surface area contributed by atoms with E-state index in [0.717, 1.165) is 18.8 Å². The van der Waals surface area contributed by atoms with Gasteiger partial charge in [-0.2, -0.15) is 0 Å². The highest BCUT2D eigenvalue weighted by Crippen LogP contribution is 2.29. The highest BCUT2D eigenvalue weighted by Gasteiger charge is 2.26. The van der Waals surface area contributed by atoms with E-state index in [1.54, 1.807) is 0 Å². The maximum atomic E-state index is 13.7. The maximum Gasteiger partial charge on any atom is 0.186 e. The van der Waals surface area contributed by atoms with Crippen molar-refractivity contribution in [3.63, 3.8) is 0 Å². The molecule has 1 aliphatic carbocycles. The number of nitrogens with one attached hydrogen (secondary N) is 1. The first-order valence-electron chi connectivity index (χ1n) is 5.46. The molecule has 1 N–H and O–H groups in total. The van der Waals surface area contributed by atoms with E-state index in [-0.39, 0.29) is 5.82 Å². The molecular formula is C11H16FN3. The summed E-state index contributed by atoms with van der Waals surface area (Å²) < 4.78 is 13.7. The molecule has 1 aliphatic rings. The molecular weight excluding hydrogens is 193 g/mol. The summed E-state index contributed by atoms with van der Waals surface area (Å²) in [4.78, 5) is 7.83. The van der Waals surface area contributed by atoms with Crippen LogP contribution in [0.5, 0.6) is 0 Å². The molecule has 15 heavy (non-hydrogen) atoms. The minimum atomic E-state index is -0.292. The van der Waals surface area contributed by atoms with Crippen LogP contribution in [-0.2, 0) is 6.42 Å². The summed E-state index contributed by atoms with van der Waals surface area (Å²) in [5, 5.41) is 3.13. The summed E-state index contributed by atoms with van der Waals surface area (Å²) in [5.74, 6) is 0.816. The Hall–Kier alpha value is -1.19. The third-order valence-corrected chi connectivity index (χ3v) is 2.91. The predicted molar refractivity (Wildman–Crippen MR) is 57.2 cm³/mol. The summed E-state index contributed by atoms with van der Waals surface area (Å²) in [6, 6.07) is 0.383. The zero-order valence-electron chi connectivity index (χ0n) is 9.13. The fourth-order valence-electron chi connectivity index (χ4n) is 1.97. The molecule has 0 radical (unpaired) electrons. The second kappa shape index (κ2) is 4.13. The van der Waals surface area contributed by atoms with Crippen LogP contribution < -0.4 is 5.32 Å². The minimum absolute atomic E-state index is 0.292. The molecule has 0 aromatic carbocycles. The molecule has 1 aromatic rings. The summed E-state index contributed by atoms with van der Waals surface area (Å²) in [6.45, 7) is 4.09. The molecule has 3 nitrogen and oxygen atoms in total. The van der Waals surface area contributed by atoms with Gasteiger partial charge in [0.25, 0.3) is 0 Å². The van der Waals surface area contributed by atoms with Crippen LogP contribution in [0.1, 0.15) is 32.4 Å². The zero-order valence-corrected chi connectivity index (χ0v) is 9.13. The minimum Gasteiger partial charge on any atom is -0.365 e. The van der Waals surface area contributed by atoms with Gasteiger partial charge < -0.3 is 5.32 Å². The third-order valence-electron chi connectivity index (χ3n) is 2.91. The third kappa shape index (κ3) is 2.08. The summed E-state index contributed by atoms with van der Waals surface area (Å²) >= 11 is 0. The maximum absolute atomic E-state index is 13.7. The van der Waals surface area contributed by atoms with Gasteiger partial charge in [0.1, 0.15) is 6.33 Å². The van der Waals surface area contributed by atoms with Gasteiger partial charge in [0.05, 0.1) is 5.69 Å². The average molecular weight is 209 g/mol. The van der Waals surface area contributed by atoms with Crippen molar-refractivity contribution >= 4 is 5.82 Å². The molecule has 1 heterocycles. The SMILES string of the molecule is CCc1ncnc(NC2CC(C)C2)c1F. The van der Waals surface area contributed by atoms with Gasteiger partial charge in [-0.1, -0.05) is 13.8 Å². The lowest BCUT2D eigenvalue weighted by atomic mass is 9.82. The quantitative estimate of drug-likeness (QED) is 0.830. The highest BCUT2D eigenvalue weighted by atomic mass is 19.1. The van der Waals surface area contributed by atoms with Gasteiger partial charge in [0.15, 0.2) is 11.6 Å². The second-order valence-electron chi connectivity index (χ2n) is 4.25. The first kappa shape index (κ1) is 10.3. The molecule has 1 fully saturated rings. The molecule has 0 spiro atoms. The molecule has 1 aromatic heterocycles. The lowest BCUT2D eigenvalue weighted by molar-refractivity contribution is 0.307. The van der Waals surface area contributed by atoms with Gasteiger partial charge in [-0.3, -0.25) is 0 Å². The van der Waals surface area contributed by atoms with Crippen molar-refractivity contribution in [1.82, 2.24) is 9.97 Å². The van der Waals surface area contributed by atoms with E-state index < -0.39 is 0 Å². The monoisotopic (exact) mass is 209 g/mol. The van der Waals surface area contributed by atoms with Gasteiger partial charge in [0.2, 0.25) is 0 Å². The zero-order chi connectivity index (χ0) is 10.8. The van der Waals surface area contributed by atoms with Crippen molar-refractivity contribution < 1.29 is 4.39 Å². The van der Waals surface area contributed by atoms with E-state index >= 15 is 0 Å². The normalized spacial score (nSPS) is 24.7. The molecule has 0 amide bonds. The standard InChI is InChI=1S/C11H16FN3/c1-3-9-10(12)11(14-6-13-9)15-8-4-7(2)5-8/h6-8H,3-5H2,1-2H3,(H,13,14,15). The van der Waals surface area contributed by atoms with E-state index in [9.17, 15) is 4.39 Å². The predicted octanol–water partition coefficient (Wildman–Crippen LogP) is 2.39. The van der Waals surface area contributed by atoms with Crippen LogP contribution in [0, 0.1) is 11.7 Å². The highest BCUT2D eigenvalue weighted by molar-refractivity contribution is 5.38. The van der Waals surface area contributed by atoms with E-state index in [4.69, 9.17) is 0 Å². The van der Waals surface area contributed by atoms with Crippen LogP contribution in [0.3, 0.4) is 0 Å². The van der Waals surface area contributed by atoms with Crippen LogP contribution in [0.4, 0.5) is 10.2 Å². The number of hydrogen-bond donors (Lipinski definition) is 1. The Kier molecular flexibility index (Phi) is 2.84. The van der Waals surface area contributed by atoms with Gasteiger partial charge in [0, 0.05) is 6.04 Å². The van der Waals surface area contributed by atoms with E-state index in [2.05, 4.69) is 22.2 Å². The Morgan fingerprint density at radius 1 is 1.47 bits per heavy atom. The number of nitrogens with zero attached hydrogens (tertiary/aromatic N) is 2. The molecule has 4 heteroatoms. The van der Waals surface area contributed by atoms with Crippen molar-refractivity contribution in [2.45, 2.75) is 39.2 Å². The Bertz CT molecular complexity index is 348. The average Bonchev–Trinajstić information content (AvgIpc) is 2.18. The first-order valence-corrected chi connectivity index (χ1v) is 5.46. The van der Waals surface area contributed by atoms with Gasteiger partial charge in [-0.15, -0.1) is 0 Å². The summed E-state index contributed by atoms with van der Waals surface area (Å²) in [6.07, 6.45) is 4.23. The molecule has 2 rings (SSSR count). The lowest BCUT2D eigenvalue weighted by Crippen LogP contribution is -2.34. The molecule has 0 unspecified atom stereocenters. The Balaban J connectivity index is 2.07. The Morgan fingerprint density at radius 2 is 2.20 bits per heavy atom. The lowest BCUT2D eigenvalue weighted by Gasteiger charge is -2.33. The molecule has 0 saturated heterocycles. The topological polar surface area (TPSA) is 37.8 Å². The van der Waals surface area contributed by atoms with E-state index in [1.807, 2.05) is 6.92 Å². The number of aryl methyl sites for hydroxylation is 1. The van der Waals surface area contributed by atoms with Crippen molar-refractivity contribution in [1.29, 1.82) is 0 Å².